The summed E-state index contributed by atoms with van der Waals surface area (Å²) < 4.78 is 7.20. The van der Waals surface area contributed by atoms with Crippen molar-refractivity contribution in [2.75, 3.05) is 39.3 Å². The van der Waals surface area contributed by atoms with Crippen molar-refractivity contribution in [1.82, 2.24) is 24.1 Å². The third-order valence-electron chi connectivity index (χ3n) is 6.53. The second-order valence-corrected chi connectivity index (χ2v) is 11.7. The fourth-order valence-electron chi connectivity index (χ4n) is 5.43. The van der Waals surface area contributed by atoms with Gasteiger partial charge in [0.25, 0.3) is 0 Å². The van der Waals surface area contributed by atoms with Crippen LogP contribution in [0.15, 0.2) is 24.3 Å². The van der Waals surface area contributed by atoms with Gasteiger partial charge in [0.1, 0.15) is 0 Å². The van der Waals surface area contributed by atoms with E-state index in [1.807, 2.05) is 12.1 Å². The van der Waals surface area contributed by atoms with Crippen LogP contribution in [0.5, 0.6) is 0 Å². The molecule has 142 valence electrons. The molecule has 0 atom stereocenters. The number of benzene rings is 1. The van der Waals surface area contributed by atoms with Crippen molar-refractivity contribution >= 4 is 18.9 Å². The zero-order valence-corrected chi connectivity index (χ0v) is 16.4. The van der Waals surface area contributed by atoms with E-state index >= 15 is 0 Å². The van der Waals surface area contributed by atoms with E-state index in [-0.39, 0.29) is 4.42 Å². The number of quaternary nitrogens is 1. The first-order valence-corrected chi connectivity index (χ1v) is 11.9. The molecule has 3 aliphatic rings. The van der Waals surface area contributed by atoms with Crippen LogP contribution in [-0.4, -0.2) is 67.8 Å². The number of nitrogens with zero attached hydrogens (tertiary/aromatic N) is 6. The number of fused-ring (bicyclic) bond motifs is 1. The Morgan fingerprint density at radius 2 is 1.42 bits per heavy atom. The van der Waals surface area contributed by atoms with E-state index in [2.05, 4.69) is 36.2 Å². The van der Waals surface area contributed by atoms with Crippen LogP contribution in [0.2, 0.25) is 0 Å². The van der Waals surface area contributed by atoms with Crippen molar-refractivity contribution < 1.29 is 4.42 Å². The van der Waals surface area contributed by atoms with E-state index in [4.69, 9.17) is 0 Å². The van der Waals surface area contributed by atoms with Crippen LogP contribution < -0.4 is 0 Å². The molecule has 0 N–H and O–H groups in total. The van der Waals surface area contributed by atoms with E-state index < -0.39 is 7.87 Å². The van der Waals surface area contributed by atoms with Crippen LogP contribution in [0.4, 0.5) is 0 Å². The molecule has 0 bridgehead atoms. The molecule has 0 aliphatic carbocycles. The van der Waals surface area contributed by atoms with Crippen LogP contribution in [0.3, 0.4) is 0 Å². The second kappa shape index (κ2) is 6.50. The summed E-state index contributed by atoms with van der Waals surface area (Å²) in [6.07, 6.45) is 6.83. The SMILES string of the molecule is [O-][N+]1([PH](N2CCCC2)(N2CCCC2)n2nnc3ccccc32)CCCC1. The molecule has 1 aromatic heterocycles. The van der Waals surface area contributed by atoms with Crippen LogP contribution in [0, 0.1) is 5.21 Å². The maximum absolute atomic E-state index is 14.5. The molecule has 4 heterocycles. The molecular formula is C18H29N6OP. The summed E-state index contributed by atoms with van der Waals surface area (Å²) in [6.45, 7) is 5.57. The second-order valence-electron chi connectivity index (χ2n) is 8.02. The van der Waals surface area contributed by atoms with Crippen LogP contribution in [-0.2, 0) is 0 Å². The maximum atomic E-state index is 14.5. The molecule has 3 aliphatic heterocycles. The molecule has 8 heteroatoms. The Labute approximate surface area is 155 Å². The van der Waals surface area contributed by atoms with Gasteiger partial charge < -0.3 is 0 Å². The predicted molar refractivity (Wildman–Crippen MR) is 105 cm³/mol. The normalized spacial score (nSPS) is 25.4. The molecule has 0 unspecified atom stereocenters. The number of aromatic nitrogens is 3. The summed E-state index contributed by atoms with van der Waals surface area (Å²) in [4.78, 5) is 0. The third kappa shape index (κ3) is 2.31. The molecule has 1 aromatic carbocycles. The van der Waals surface area contributed by atoms with E-state index in [9.17, 15) is 5.21 Å². The average Bonchev–Trinajstić information content (AvgIpc) is 3.45. The first-order chi connectivity index (χ1) is 12.8. The van der Waals surface area contributed by atoms with Crippen molar-refractivity contribution in [3.8, 4) is 0 Å². The van der Waals surface area contributed by atoms with Crippen molar-refractivity contribution in [2.45, 2.75) is 38.5 Å². The Morgan fingerprint density at radius 1 is 0.846 bits per heavy atom. The monoisotopic (exact) mass is 376 g/mol. The summed E-state index contributed by atoms with van der Waals surface area (Å²) in [5, 5.41) is 23.6. The Balaban J connectivity index is 1.78. The molecule has 3 fully saturated rings. The quantitative estimate of drug-likeness (QED) is 0.606. The Hall–Kier alpha value is -1.11. The van der Waals surface area contributed by atoms with Crippen LogP contribution in [0.25, 0.3) is 11.0 Å². The Kier molecular flexibility index (Phi) is 4.25. The number of hydrogen-bond donors (Lipinski definition) is 0. The summed E-state index contributed by atoms with van der Waals surface area (Å²) in [6, 6.07) is 8.18. The molecule has 26 heavy (non-hydrogen) atoms. The summed E-state index contributed by atoms with van der Waals surface area (Å²) in [7, 11) is -2.82. The van der Waals surface area contributed by atoms with E-state index in [1.165, 1.54) is 25.7 Å². The molecular weight excluding hydrogens is 347 g/mol. The van der Waals surface area contributed by atoms with E-state index in [0.29, 0.717) is 0 Å². The Bertz CT molecular complexity index is 761. The predicted octanol–water partition coefficient (Wildman–Crippen LogP) is 2.99. The third-order valence-corrected chi connectivity index (χ3v) is 11.6. The molecule has 0 radical (unpaired) electrons. The fourth-order valence-corrected chi connectivity index (χ4v) is 11.2. The zero-order valence-electron chi connectivity index (χ0n) is 15.4. The fraction of sp³-hybridized carbons (Fsp3) is 0.667. The molecule has 5 rings (SSSR count). The van der Waals surface area contributed by atoms with Crippen LogP contribution >= 0.6 is 7.87 Å². The van der Waals surface area contributed by atoms with Gasteiger partial charge in [-0.1, -0.05) is 0 Å². The van der Waals surface area contributed by atoms with Crippen LogP contribution in [0.1, 0.15) is 38.5 Å². The van der Waals surface area contributed by atoms with Gasteiger partial charge in [0.15, 0.2) is 0 Å². The zero-order chi connectivity index (χ0) is 17.6. The molecule has 0 spiro atoms. The van der Waals surface area contributed by atoms with E-state index in [1.54, 1.807) is 0 Å². The van der Waals surface area contributed by atoms with Gasteiger partial charge in [-0.2, -0.15) is 0 Å². The Morgan fingerprint density at radius 3 is 2.04 bits per heavy atom. The average molecular weight is 376 g/mol. The number of rotatable bonds is 4. The number of hydrogen-bond acceptors (Lipinski definition) is 5. The number of hydroxylamine groups is 2. The van der Waals surface area contributed by atoms with Crippen molar-refractivity contribution in [3.63, 3.8) is 0 Å². The van der Waals surface area contributed by atoms with Gasteiger partial charge in [-0.05, 0) is 0 Å². The van der Waals surface area contributed by atoms with Gasteiger partial charge in [0.05, 0.1) is 0 Å². The molecule has 0 amide bonds. The van der Waals surface area contributed by atoms with Gasteiger partial charge in [0, 0.05) is 0 Å². The van der Waals surface area contributed by atoms with Gasteiger partial charge >= 0.3 is 155 Å². The summed E-state index contributed by atoms with van der Waals surface area (Å²) in [5.41, 5.74) is 1.95. The first-order valence-electron chi connectivity index (χ1n) is 10.1. The van der Waals surface area contributed by atoms with Crippen molar-refractivity contribution in [3.05, 3.63) is 29.5 Å². The minimum atomic E-state index is -2.82. The molecule has 3 saturated heterocycles. The summed E-state index contributed by atoms with van der Waals surface area (Å²) in [5.74, 6) is 0. The summed E-state index contributed by atoms with van der Waals surface area (Å²) >= 11 is 0. The van der Waals surface area contributed by atoms with Crippen molar-refractivity contribution in [2.24, 2.45) is 0 Å². The molecule has 7 nitrogen and oxygen atoms in total. The van der Waals surface area contributed by atoms with Gasteiger partial charge in [-0.15, -0.1) is 0 Å². The molecule has 0 saturated carbocycles. The van der Waals surface area contributed by atoms with Crippen molar-refractivity contribution in [1.29, 1.82) is 0 Å². The topological polar surface area (TPSA) is 60.2 Å². The van der Waals surface area contributed by atoms with Gasteiger partial charge in [-0.25, -0.2) is 0 Å². The van der Waals surface area contributed by atoms with Gasteiger partial charge in [0.2, 0.25) is 0 Å². The minimum absolute atomic E-state index is 0.0691. The van der Waals surface area contributed by atoms with E-state index in [0.717, 1.165) is 63.1 Å². The standard InChI is InChI=1S/C18H29N6OP/c25-24(15-7-8-16-24)26(21-11-3-4-12-21,22-13-5-6-14-22)23-18-10-2-1-9-17(18)19-20-23/h1-2,9-10,26H,3-8,11-16H2. The first kappa shape index (κ1) is 17.0. The number of para-hydroxylation sites is 1. The molecule has 2 aromatic rings. The van der Waals surface area contributed by atoms with Gasteiger partial charge in [-0.3, -0.25) is 0 Å².